The first-order valence-corrected chi connectivity index (χ1v) is 5.10. The van der Waals surface area contributed by atoms with Gasteiger partial charge >= 0.3 is 5.97 Å². The lowest BCUT2D eigenvalue weighted by molar-refractivity contribution is 0.0602. The summed E-state index contributed by atoms with van der Waals surface area (Å²) in [5.74, 6) is -0.675. The zero-order valence-corrected chi connectivity index (χ0v) is 9.69. The van der Waals surface area contributed by atoms with Crippen molar-refractivity contribution in [3.8, 4) is 11.3 Å². The number of nitrogens with zero attached hydrogens (tertiary/aromatic N) is 1. The van der Waals surface area contributed by atoms with Gasteiger partial charge in [0, 0.05) is 10.6 Å². The maximum Gasteiger partial charge on any atom is 0.345 e. The number of nitrogen functional groups attached to an aromatic ring is 1. The summed E-state index contributed by atoms with van der Waals surface area (Å²) >= 11 is 5.86. The third-order valence-electron chi connectivity index (χ3n) is 2.21. The molecule has 2 N–H and O–H groups in total. The van der Waals surface area contributed by atoms with Crippen molar-refractivity contribution in [1.29, 1.82) is 0 Å². The van der Waals surface area contributed by atoms with Crippen molar-refractivity contribution in [2.24, 2.45) is 0 Å². The highest BCUT2D eigenvalue weighted by Gasteiger charge is 2.23. The van der Waals surface area contributed by atoms with Crippen LogP contribution in [-0.4, -0.2) is 18.2 Å². The van der Waals surface area contributed by atoms with E-state index >= 15 is 0 Å². The predicted molar refractivity (Wildman–Crippen MR) is 62.7 cm³/mol. The average molecular weight is 253 g/mol. The first-order chi connectivity index (χ1) is 8.13. The van der Waals surface area contributed by atoms with Gasteiger partial charge in [0.1, 0.15) is 5.69 Å². The molecule has 0 aliphatic heterocycles. The smallest absolute Gasteiger partial charge is 0.345 e. The molecular weight excluding hydrogens is 244 g/mol. The van der Waals surface area contributed by atoms with Crippen molar-refractivity contribution in [1.82, 2.24) is 5.16 Å². The van der Waals surface area contributed by atoms with Crippen molar-refractivity contribution in [2.75, 3.05) is 12.8 Å². The number of halogens is 1. The van der Waals surface area contributed by atoms with Gasteiger partial charge in [-0.25, -0.2) is 4.79 Å². The third-order valence-corrected chi connectivity index (χ3v) is 2.44. The average Bonchev–Trinajstić information content (AvgIpc) is 2.70. The van der Waals surface area contributed by atoms with E-state index in [1.807, 2.05) is 0 Å². The van der Waals surface area contributed by atoms with Gasteiger partial charge in [0.2, 0.25) is 5.88 Å². The number of hydrogen-bond donors (Lipinski definition) is 1. The Bertz CT molecular complexity index is 566. The Balaban J connectivity index is 2.57. The van der Waals surface area contributed by atoms with E-state index in [0.29, 0.717) is 16.3 Å². The van der Waals surface area contributed by atoms with Crippen LogP contribution in [-0.2, 0) is 4.74 Å². The molecule has 1 aromatic heterocycles. The number of carbonyl (C=O) groups excluding carboxylic acids is 1. The summed E-state index contributed by atoms with van der Waals surface area (Å²) < 4.78 is 9.41. The van der Waals surface area contributed by atoms with Crippen molar-refractivity contribution >= 4 is 23.5 Å². The van der Waals surface area contributed by atoms with Crippen molar-refractivity contribution in [3.05, 3.63) is 34.9 Å². The summed E-state index contributed by atoms with van der Waals surface area (Å²) in [4.78, 5) is 11.5. The zero-order chi connectivity index (χ0) is 12.4. The van der Waals surface area contributed by atoms with Crippen LogP contribution in [0.5, 0.6) is 0 Å². The number of hydrogen-bond acceptors (Lipinski definition) is 5. The van der Waals surface area contributed by atoms with Crippen LogP contribution in [0.4, 0.5) is 5.88 Å². The fraction of sp³-hybridized carbons (Fsp3) is 0.0909. The van der Waals surface area contributed by atoms with E-state index in [1.54, 1.807) is 24.3 Å². The Labute approximate surface area is 102 Å². The van der Waals surface area contributed by atoms with Gasteiger partial charge in [-0.2, -0.15) is 0 Å². The van der Waals surface area contributed by atoms with Crippen LogP contribution in [0.3, 0.4) is 0 Å². The lowest BCUT2D eigenvalue weighted by Crippen LogP contribution is -2.04. The van der Waals surface area contributed by atoms with E-state index in [0.717, 1.165) is 0 Å². The van der Waals surface area contributed by atoms with Crippen molar-refractivity contribution in [3.63, 3.8) is 0 Å². The van der Waals surface area contributed by atoms with Gasteiger partial charge in [0.25, 0.3) is 0 Å². The number of anilines is 1. The van der Waals surface area contributed by atoms with Crippen LogP contribution in [0.1, 0.15) is 10.4 Å². The Morgan fingerprint density at radius 2 is 2.29 bits per heavy atom. The van der Waals surface area contributed by atoms with Gasteiger partial charge in [-0.15, -0.1) is 0 Å². The lowest BCUT2D eigenvalue weighted by Gasteiger charge is -2.00. The van der Waals surface area contributed by atoms with Crippen LogP contribution in [0, 0.1) is 0 Å². The van der Waals surface area contributed by atoms with E-state index in [-0.39, 0.29) is 11.4 Å². The molecule has 5 nitrogen and oxygen atoms in total. The molecule has 0 amide bonds. The number of benzene rings is 1. The fourth-order valence-electron chi connectivity index (χ4n) is 1.43. The van der Waals surface area contributed by atoms with E-state index in [9.17, 15) is 4.79 Å². The molecule has 0 aliphatic carbocycles. The molecule has 0 spiro atoms. The normalized spacial score (nSPS) is 10.2. The second-order valence-electron chi connectivity index (χ2n) is 3.27. The minimum Gasteiger partial charge on any atom is -0.465 e. The minimum atomic E-state index is -0.598. The highest BCUT2D eigenvalue weighted by atomic mass is 35.5. The van der Waals surface area contributed by atoms with Gasteiger partial charge in [0.15, 0.2) is 5.56 Å². The zero-order valence-electron chi connectivity index (χ0n) is 8.94. The molecule has 0 atom stereocenters. The molecule has 0 unspecified atom stereocenters. The number of methoxy groups -OCH3 is 1. The first-order valence-electron chi connectivity index (χ1n) is 4.73. The Morgan fingerprint density at radius 1 is 1.53 bits per heavy atom. The molecule has 6 heteroatoms. The molecule has 1 aromatic carbocycles. The topological polar surface area (TPSA) is 78.3 Å². The molecule has 1 heterocycles. The lowest BCUT2D eigenvalue weighted by atomic mass is 10.1. The van der Waals surface area contributed by atoms with Gasteiger partial charge in [-0.3, -0.25) is 0 Å². The molecule has 2 rings (SSSR count). The largest absolute Gasteiger partial charge is 0.465 e. The molecule has 0 bridgehead atoms. The fourth-order valence-corrected chi connectivity index (χ4v) is 1.63. The number of nitrogens with two attached hydrogens (primary N) is 1. The van der Waals surface area contributed by atoms with E-state index in [1.165, 1.54) is 7.11 Å². The Morgan fingerprint density at radius 3 is 2.94 bits per heavy atom. The van der Waals surface area contributed by atoms with Crippen LogP contribution >= 0.6 is 11.6 Å². The minimum absolute atomic E-state index is 0.0770. The molecule has 2 aromatic rings. The number of carbonyl (C=O) groups is 1. The number of esters is 1. The summed E-state index contributed by atoms with van der Waals surface area (Å²) in [6.07, 6.45) is 0. The van der Waals surface area contributed by atoms with Crippen LogP contribution in [0.15, 0.2) is 28.8 Å². The van der Waals surface area contributed by atoms with Gasteiger partial charge in [-0.1, -0.05) is 28.9 Å². The van der Waals surface area contributed by atoms with Crippen molar-refractivity contribution < 1.29 is 14.1 Å². The highest BCUT2D eigenvalue weighted by molar-refractivity contribution is 6.30. The van der Waals surface area contributed by atoms with Crippen LogP contribution < -0.4 is 5.73 Å². The highest BCUT2D eigenvalue weighted by Crippen LogP contribution is 2.29. The number of rotatable bonds is 2. The second kappa shape index (κ2) is 4.47. The molecule has 0 fully saturated rings. The molecular formula is C11H9ClN2O3. The Hall–Kier alpha value is -2.01. The van der Waals surface area contributed by atoms with E-state index in [4.69, 9.17) is 21.9 Å². The van der Waals surface area contributed by atoms with E-state index in [2.05, 4.69) is 9.89 Å². The summed E-state index contributed by atoms with van der Waals surface area (Å²) in [6.45, 7) is 0. The molecule has 0 radical (unpaired) electrons. The summed E-state index contributed by atoms with van der Waals surface area (Å²) in [6, 6.07) is 6.86. The maximum absolute atomic E-state index is 11.5. The van der Waals surface area contributed by atoms with Crippen molar-refractivity contribution in [2.45, 2.75) is 0 Å². The van der Waals surface area contributed by atoms with Crippen LogP contribution in [0.25, 0.3) is 11.3 Å². The Kier molecular flexibility index (Phi) is 3.01. The monoisotopic (exact) mass is 252 g/mol. The van der Waals surface area contributed by atoms with Crippen LogP contribution in [0.2, 0.25) is 5.02 Å². The standard InChI is InChI=1S/C11H9ClN2O3/c1-16-11(15)8-9(14-17-10(8)13)6-3-2-4-7(12)5-6/h2-5H,13H2,1H3. The molecule has 0 aliphatic rings. The molecule has 88 valence electrons. The number of aromatic nitrogens is 1. The summed E-state index contributed by atoms with van der Waals surface area (Å²) in [5.41, 5.74) is 6.59. The van der Waals surface area contributed by atoms with E-state index < -0.39 is 5.97 Å². The molecule has 17 heavy (non-hydrogen) atoms. The predicted octanol–water partition coefficient (Wildman–Crippen LogP) is 2.36. The second-order valence-corrected chi connectivity index (χ2v) is 3.71. The molecule has 0 saturated heterocycles. The summed E-state index contributed by atoms with van der Waals surface area (Å²) in [7, 11) is 1.26. The third kappa shape index (κ3) is 2.09. The van der Waals surface area contributed by atoms with Gasteiger partial charge in [-0.05, 0) is 12.1 Å². The molecule has 0 saturated carbocycles. The number of ether oxygens (including phenoxy) is 1. The first kappa shape index (κ1) is 11.5. The van der Waals surface area contributed by atoms with Gasteiger partial charge < -0.3 is 15.0 Å². The van der Waals surface area contributed by atoms with Gasteiger partial charge in [0.05, 0.1) is 7.11 Å². The SMILES string of the molecule is COC(=O)c1c(-c2cccc(Cl)c2)noc1N. The summed E-state index contributed by atoms with van der Waals surface area (Å²) in [5, 5.41) is 4.26. The quantitative estimate of drug-likeness (QED) is 0.830. The maximum atomic E-state index is 11.5.